The summed E-state index contributed by atoms with van der Waals surface area (Å²) < 4.78 is 5.19. The molecule has 1 fully saturated rings. The summed E-state index contributed by atoms with van der Waals surface area (Å²) in [5.74, 6) is 0.728. The van der Waals surface area contributed by atoms with Gasteiger partial charge in [-0.15, -0.1) is 0 Å². The van der Waals surface area contributed by atoms with Crippen molar-refractivity contribution in [1.29, 1.82) is 0 Å². The molecule has 3 rings (SSSR count). The third kappa shape index (κ3) is 1.55. The van der Waals surface area contributed by atoms with E-state index in [4.69, 9.17) is 9.52 Å². The molecule has 1 saturated carbocycles. The molecule has 1 aromatic carbocycles. The average molecular weight is 202 g/mol. The number of benzene rings is 1. The fourth-order valence-electron chi connectivity index (χ4n) is 2.19. The Kier molecular flexibility index (Phi) is 2.03. The summed E-state index contributed by atoms with van der Waals surface area (Å²) in [7, 11) is 0. The van der Waals surface area contributed by atoms with Gasteiger partial charge in [-0.1, -0.05) is 0 Å². The van der Waals surface area contributed by atoms with Crippen LogP contribution in [0.15, 0.2) is 29.1 Å². The van der Waals surface area contributed by atoms with Gasteiger partial charge in [-0.3, -0.25) is 0 Å². The van der Waals surface area contributed by atoms with Crippen LogP contribution in [0.1, 0.15) is 29.9 Å². The minimum Gasteiger partial charge on any atom is -0.471 e. The van der Waals surface area contributed by atoms with Gasteiger partial charge in [0.1, 0.15) is 0 Å². The molecule has 78 valence electrons. The van der Waals surface area contributed by atoms with Crippen LogP contribution in [-0.4, -0.2) is 11.7 Å². The van der Waals surface area contributed by atoms with Crippen LogP contribution in [-0.2, 0) is 6.42 Å². The summed E-state index contributed by atoms with van der Waals surface area (Å²) in [5, 5.41) is 11.4. The van der Waals surface area contributed by atoms with E-state index < -0.39 is 0 Å². The summed E-state index contributed by atoms with van der Waals surface area (Å²) in [5.41, 5.74) is 2.70. The zero-order valence-corrected chi connectivity index (χ0v) is 8.57. The van der Waals surface area contributed by atoms with E-state index in [1.165, 1.54) is 29.4 Å². The molecule has 0 spiro atoms. The van der Waals surface area contributed by atoms with E-state index in [1.807, 2.05) is 0 Å². The predicted molar refractivity (Wildman–Crippen MR) is 59.0 cm³/mol. The van der Waals surface area contributed by atoms with E-state index in [-0.39, 0.29) is 6.61 Å². The van der Waals surface area contributed by atoms with Crippen LogP contribution in [0.25, 0.3) is 10.8 Å². The summed E-state index contributed by atoms with van der Waals surface area (Å²) in [6.07, 6.45) is 6.91. The molecule has 0 saturated heterocycles. The van der Waals surface area contributed by atoms with Gasteiger partial charge in [0.2, 0.25) is 0 Å². The Bertz CT molecular complexity index is 480. The Labute approximate surface area is 88.5 Å². The highest BCUT2D eigenvalue weighted by Gasteiger charge is 2.26. The van der Waals surface area contributed by atoms with E-state index in [0.29, 0.717) is 0 Å². The number of furan rings is 1. The summed E-state index contributed by atoms with van der Waals surface area (Å²) in [4.78, 5) is 0. The van der Waals surface area contributed by atoms with Crippen molar-refractivity contribution in [2.45, 2.75) is 25.2 Å². The van der Waals surface area contributed by atoms with Crippen LogP contribution in [0.5, 0.6) is 0 Å². The molecule has 1 aromatic heterocycles. The van der Waals surface area contributed by atoms with Gasteiger partial charge in [-0.05, 0) is 48.4 Å². The van der Waals surface area contributed by atoms with Gasteiger partial charge in [0.05, 0.1) is 12.5 Å². The van der Waals surface area contributed by atoms with E-state index >= 15 is 0 Å². The fraction of sp³-hybridized carbons (Fsp3) is 0.385. The molecule has 2 heteroatoms. The topological polar surface area (TPSA) is 33.4 Å². The monoisotopic (exact) mass is 202 g/mol. The molecule has 0 amide bonds. The van der Waals surface area contributed by atoms with Crippen molar-refractivity contribution in [1.82, 2.24) is 0 Å². The largest absolute Gasteiger partial charge is 0.471 e. The lowest BCUT2D eigenvalue weighted by Gasteiger charge is -2.07. The standard InChI is InChI=1S/C13H14O2/c14-4-3-10-5-11-7-15-8-12(11)6-13(10)9-1-2-9/h5-9,14H,1-4H2. The fourth-order valence-corrected chi connectivity index (χ4v) is 2.19. The minimum absolute atomic E-state index is 0.225. The maximum Gasteiger partial charge on any atom is 0.0981 e. The first-order chi connectivity index (χ1) is 7.38. The highest BCUT2D eigenvalue weighted by atomic mass is 16.3. The molecule has 0 radical (unpaired) electrons. The van der Waals surface area contributed by atoms with Gasteiger partial charge < -0.3 is 9.52 Å². The molecule has 2 aromatic rings. The van der Waals surface area contributed by atoms with Crippen molar-refractivity contribution < 1.29 is 9.52 Å². The molecular weight excluding hydrogens is 188 g/mol. The number of hydrogen-bond acceptors (Lipinski definition) is 2. The molecule has 0 bridgehead atoms. The Morgan fingerprint density at radius 3 is 2.60 bits per heavy atom. The number of rotatable bonds is 3. The molecular formula is C13H14O2. The molecule has 1 aliphatic carbocycles. The van der Waals surface area contributed by atoms with Crippen molar-refractivity contribution in [3.8, 4) is 0 Å². The van der Waals surface area contributed by atoms with Gasteiger partial charge in [-0.25, -0.2) is 0 Å². The number of aliphatic hydroxyl groups is 1. The van der Waals surface area contributed by atoms with Gasteiger partial charge in [0, 0.05) is 17.4 Å². The van der Waals surface area contributed by atoms with E-state index in [9.17, 15) is 0 Å². The van der Waals surface area contributed by atoms with E-state index in [0.717, 1.165) is 17.7 Å². The maximum atomic E-state index is 9.05. The third-order valence-corrected chi connectivity index (χ3v) is 3.13. The Morgan fingerprint density at radius 1 is 1.20 bits per heavy atom. The SMILES string of the molecule is OCCc1cc2cocc2cc1C1CC1. The lowest BCUT2D eigenvalue weighted by Crippen LogP contribution is -1.96. The predicted octanol–water partition coefficient (Wildman–Crippen LogP) is 2.85. The van der Waals surface area contributed by atoms with Gasteiger partial charge in [-0.2, -0.15) is 0 Å². The lowest BCUT2D eigenvalue weighted by molar-refractivity contribution is 0.299. The van der Waals surface area contributed by atoms with Crippen molar-refractivity contribution in [3.63, 3.8) is 0 Å². The van der Waals surface area contributed by atoms with Crippen molar-refractivity contribution in [2.75, 3.05) is 6.61 Å². The molecule has 2 nitrogen and oxygen atoms in total. The number of hydrogen-bond donors (Lipinski definition) is 1. The molecule has 0 atom stereocenters. The Morgan fingerprint density at radius 2 is 1.93 bits per heavy atom. The summed E-state index contributed by atoms with van der Waals surface area (Å²) in [6, 6.07) is 4.38. The zero-order chi connectivity index (χ0) is 10.3. The highest BCUT2D eigenvalue weighted by Crippen LogP contribution is 2.43. The number of fused-ring (bicyclic) bond motifs is 1. The van der Waals surface area contributed by atoms with Crippen LogP contribution in [0.2, 0.25) is 0 Å². The molecule has 0 aliphatic heterocycles. The first-order valence-corrected chi connectivity index (χ1v) is 5.48. The van der Waals surface area contributed by atoms with Crippen molar-refractivity contribution >= 4 is 10.8 Å². The van der Waals surface area contributed by atoms with Gasteiger partial charge in [0.25, 0.3) is 0 Å². The van der Waals surface area contributed by atoms with Crippen molar-refractivity contribution in [3.05, 3.63) is 35.8 Å². The van der Waals surface area contributed by atoms with Crippen LogP contribution in [0.4, 0.5) is 0 Å². The second-order valence-corrected chi connectivity index (χ2v) is 4.30. The molecule has 0 unspecified atom stereocenters. The van der Waals surface area contributed by atoms with Crippen LogP contribution >= 0.6 is 0 Å². The second-order valence-electron chi connectivity index (χ2n) is 4.30. The normalized spacial score (nSPS) is 16.1. The Hall–Kier alpha value is -1.28. The quantitative estimate of drug-likeness (QED) is 0.830. The third-order valence-electron chi connectivity index (χ3n) is 3.13. The van der Waals surface area contributed by atoms with E-state index in [2.05, 4.69) is 12.1 Å². The molecule has 15 heavy (non-hydrogen) atoms. The smallest absolute Gasteiger partial charge is 0.0981 e. The Balaban J connectivity index is 2.14. The highest BCUT2D eigenvalue weighted by molar-refractivity contribution is 5.83. The molecule has 1 N–H and O–H groups in total. The average Bonchev–Trinajstić information content (AvgIpc) is 2.98. The summed E-state index contributed by atoms with van der Waals surface area (Å²) >= 11 is 0. The molecule has 1 heterocycles. The summed E-state index contributed by atoms with van der Waals surface area (Å²) in [6.45, 7) is 0.225. The first kappa shape index (κ1) is 8.98. The van der Waals surface area contributed by atoms with Gasteiger partial charge >= 0.3 is 0 Å². The zero-order valence-electron chi connectivity index (χ0n) is 8.57. The maximum absolute atomic E-state index is 9.05. The minimum atomic E-state index is 0.225. The second kappa shape index (κ2) is 3.38. The van der Waals surface area contributed by atoms with Crippen molar-refractivity contribution in [2.24, 2.45) is 0 Å². The van der Waals surface area contributed by atoms with Crippen LogP contribution in [0, 0.1) is 0 Å². The molecule has 1 aliphatic rings. The van der Waals surface area contributed by atoms with Crippen LogP contribution < -0.4 is 0 Å². The van der Waals surface area contributed by atoms with E-state index in [1.54, 1.807) is 12.5 Å². The lowest BCUT2D eigenvalue weighted by atomic mass is 9.98. The van der Waals surface area contributed by atoms with Crippen LogP contribution in [0.3, 0.4) is 0 Å². The first-order valence-electron chi connectivity index (χ1n) is 5.48. The van der Waals surface area contributed by atoms with Gasteiger partial charge in [0.15, 0.2) is 0 Å². The number of aliphatic hydroxyl groups excluding tert-OH is 1.